The Hall–Kier alpha value is -2.80. The summed E-state index contributed by atoms with van der Waals surface area (Å²) in [5.74, 6) is 0.776. The SMILES string of the molecule is COc1ccc(NS(=O)(=O)c2cc(NC(=O)C[C@H]3C=CCC3)ccc2C)cc1. The standard InChI is InChI=1S/C21H24N2O4S/c1-15-7-8-18(22-21(24)13-16-5-3-4-6-16)14-20(15)28(25,26)23-17-9-11-19(27-2)12-10-17/h3,5,7-12,14,16,23H,4,6,13H2,1-2H3,(H,22,24)/t16-/m0/s1. The summed E-state index contributed by atoms with van der Waals surface area (Å²) >= 11 is 0. The van der Waals surface area contributed by atoms with Gasteiger partial charge in [0.05, 0.1) is 12.0 Å². The molecule has 1 atom stereocenters. The van der Waals surface area contributed by atoms with E-state index in [-0.39, 0.29) is 16.7 Å². The minimum absolute atomic E-state index is 0.119. The number of benzene rings is 2. The first-order chi connectivity index (χ1) is 13.4. The number of carbonyl (C=O) groups is 1. The minimum Gasteiger partial charge on any atom is -0.497 e. The Morgan fingerprint density at radius 3 is 2.50 bits per heavy atom. The molecular formula is C21H24N2O4S. The highest BCUT2D eigenvalue weighted by molar-refractivity contribution is 7.92. The lowest BCUT2D eigenvalue weighted by atomic mass is 10.1. The Morgan fingerprint density at radius 2 is 1.86 bits per heavy atom. The van der Waals surface area contributed by atoms with E-state index in [0.29, 0.717) is 29.1 Å². The fraction of sp³-hybridized carbons (Fsp3) is 0.286. The van der Waals surface area contributed by atoms with Gasteiger partial charge >= 0.3 is 0 Å². The largest absolute Gasteiger partial charge is 0.497 e. The fourth-order valence-electron chi connectivity index (χ4n) is 3.15. The molecule has 0 aromatic heterocycles. The van der Waals surface area contributed by atoms with Crippen LogP contribution in [-0.2, 0) is 14.8 Å². The first-order valence-electron chi connectivity index (χ1n) is 9.11. The van der Waals surface area contributed by atoms with Gasteiger partial charge in [0.1, 0.15) is 5.75 Å². The van der Waals surface area contributed by atoms with E-state index < -0.39 is 10.0 Å². The van der Waals surface area contributed by atoms with Crippen molar-refractivity contribution in [3.63, 3.8) is 0 Å². The van der Waals surface area contributed by atoms with Gasteiger partial charge in [-0.05, 0) is 67.6 Å². The van der Waals surface area contributed by atoms with Crippen LogP contribution in [0.3, 0.4) is 0 Å². The monoisotopic (exact) mass is 400 g/mol. The molecule has 2 aromatic carbocycles. The molecule has 0 saturated carbocycles. The van der Waals surface area contributed by atoms with Crippen molar-refractivity contribution in [1.29, 1.82) is 0 Å². The van der Waals surface area contributed by atoms with E-state index in [0.717, 1.165) is 12.8 Å². The van der Waals surface area contributed by atoms with Crippen molar-refractivity contribution in [3.05, 3.63) is 60.2 Å². The zero-order valence-corrected chi connectivity index (χ0v) is 16.8. The third-order valence-corrected chi connectivity index (χ3v) is 6.19. The molecule has 0 saturated heterocycles. The molecule has 2 N–H and O–H groups in total. The molecule has 2 aromatic rings. The zero-order valence-electron chi connectivity index (χ0n) is 15.9. The molecule has 0 unspecified atom stereocenters. The maximum absolute atomic E-state index is 12.8. The highest BCUT2D eigenvalue weighted by atomic mass is 32.2. The minimum atomic E-state index is -3.80. The number of amides is 1. The van der Waals surface area contributed by atoms with Crippen LogP contribution in [0.4, 0.5) is 11.4 Å². The normalized spacial score (nSPS) is 16.0. The van der Waals surface area contributed by atoms with Gasteiger partial charge in [0.15, 0.2) is 0 Å². The number of allylic oxidation sites excluding steroid dienone is 2. The molecule has 148 valence electrons. The van der Waals surface area contributed by atoms with Crippen molar-refractivity contribution in [3.8, 4) is 5.75 Å². The van der Waals surface area contributed by atoms with Crippen LogP contribution in [0.5, 0.6) is 5.75 Å². The van der Waals surface area contributed by atoms with Crippen LogP contribution >= 0.6 is 0 Å². The maximum Gasteiger partial charge on any atom is 0.262 e. The number of carbonyl (C=O) groups excluding carboxylic acids is 1. The summed E-state index contributed by atoms with van der Waals surface area (Å²) in [4.78, 5) is 12.4. The Morgan fingerprint density at radius 1 is 1.14 bits per heavy atom. The van der Waals surface area contributed by atoms with Crippen LogP contribution < -0.4 is 14.8 Å². The molecule has 0 aliphatic heterocycles. The summed E-state index contributed by atoms with van der Waals surface area (Å²) in [5, 5.41) is 2.81. The van der Waals surface area contributed by atoms with Gasteiger partial charge in [0.2, 0.25) is 5.91 Å². The van der Waals surface area contributed by atoms with E-state index in [1.807, 2.05) is 0 Å². The number of sulfonamides is 1. The highest BCUT2D eigenvalue weighted by Gasteiger charge is 2.19. The number of ether oxygens (including phenoxy) is 1. The molecule has 6 nitrogen and oxygen atoms in total. The van der Waals surface area contributed by atoms with Crippen molar-refractivity contribution >= 4 is 27.3 Å². The molecule has 7 heteroatoms. The lowest BCUT2D eigenvalue weighted by Gasteiger charge is -2.14. The first kappa shape index (κ1) is 19.9. The van der Waals surface area contributed by atoms with Gasteiger partial charge in [0.25, 0.3) is 10.0 Å². The average Bonchev–Trinajstić information content (AvgIpc) is 3.16. The third-order valence-electron chi connectivity index (χ3n) is 4.66. The number of aryl methyl sites for hydroxylation is 1. The summed E-state index contributed by atoms with van der Waals surface area (Å²) in [6.45, 7) is 1.72. The summed E-state index contributed by atoms with van der Waals surface area (Å²) in [6.07, 6.45) is 6.52. The van der Waals surface area contributed by atoms with E-state index in [4.69, 9.17) is 4.74 Å². The lowest BCUT2D eigenvalue weighted by molar-refractivity contribution is -0.116. The van der Waals surface area contributed by atoms with Crippen molar-refractivity contribution in [1.82, 2.24) is 0 Å². The van der Waals surface area contributed by atoms with Crippen molar-refractivity contribution in [2.45, 2.75) is 31.1 Å². The highest BCUT2D eigenvalue weighted by Crippen LogP contribution is 2.25. The smallest absolute Gasteiger partial charge is 0.262 e. The summed E-state index contributed by atoms with van der Waals surface area (Å²) < 4.78 is 33.3. The molecule has 0 bridgehead atoms. The average molecular weight is 401 g/mol. The Balaban J connectivity index is 1.75. The number of rotatable bonds is 7. The van der Waals surface area contributed by atoms with E-state index in [1.54, 1.807) is 50.4 Å². The van der Waals surface area contributed by atoms with E-state index >= 15 is 0 Å². The molecule has 1 aliphatic carbocycles. The molecule has 1 aliphatic rings. The number of hydrogen-bond donors (Lipinski definition) is 2. The van der Waals surface area contributed by atoms with E-state index in [9.17, 15) is 13.2 Å². The topological polar surface area (TPSA) is 84.5 Å². The molecular weight excluding hydrogens is 376 g/mol. The summed E-state index contributed by atoms with van der Waals surface area (Å²) in [7, 11) is -2.25. The van der Waals surface area contributed by atoms with E-state index in [2.05, 4.69) is 22.2 Å². The van der Waals surface area contributed by atoms with Gasteiger partial charge in [-0.25, -0.2) is 8.42 Å². The molecule has 0 fully saturated rings. The van der Waals surface area contributed by atoms with Gasteiger partial charge < -0.3 is 10.1 Å². The number of anilines is 2. The molecule has 3 rings (SSSR count). The lowest BCUT2D eigenvalue weighted by Crippen LogP contribution is -2.17. The van der Waals surface area contributed by atoms with Crippen LogP contribution in [0.15, 0.2) is 59.5 Å². The predicted molar refractivity (Wildman–Crippen MR) is 110 cm³/mol. The van der Waals surface area contributed by atoms with Gasteiger partial charge in [-0.15, -0.1) is 0 Å². The summed E-state index contributed by atoms with van der Waals surface area (Å²) in [6, 6.07) is 11.5. The third kappa shape index (κ3) is 4.92. The van der Waals surface area contributed by atoms with Crippen LogP contribution in [0, 0.1) is 12.8 Å². The van der Waals surface area contributed by atoms with Gasteiger partial charge in [-0.2, -0.15) is 0 Å². The second-order valence-electron chi connectivity index (χ2n) is 6.83. The van der Waals surface area contributed by atoms with Gasteiger partial charge in [-0.3, -0.25) is 9.52 Å². The summed E-state index contributed by atoms with van der Waals surface area (Å²) in [5.41, 5.74) is 1.49. The van der Waals surface area contributed by atoms with Crippen LogP contribution in [0.1, 0.15) is 24.8 Å². The van der Waals surface area contributed by atoms with Gasteiger partial charge in [0, 0.05) is 17.8 Å². The molecule has 1 amide bonds. The number of hydrogen-bond acceptors (Lipinski definition) is 4. The molecule has 0 spiro atoms. The quantitative estimate of drug-likeness (QED) is 0.686. The number of methoxy groups -OCH3 is 1. The molecule has 0 heterocycles. The zero-order chi connectivity index (χ0) is 20.1. The second kappa shape index (κ2) is 8.48. The Bertz CT molecular complexity index is 982. The van der Waals surface area contributed by atoms with E-state index in [1.165, 1.54) is 6.07 Å². The Labute approximate surface area is 165 Å². The Kier molecular flexibility index (Phi) is 6.04. The first-order valence-corrected chi connectivity index (χ1v) is 10.6. The fourth-order valence-corrected chi connectivity index (χ4v) is 4.48. The van der Waals surface area contributed by atoms with Crippen molar-refractivity contribution < 1.29 is 17.9 Å². The van der Waals surface area contributed by atoms with Crippen LogP contribution in [-0.4, -0.2) is 21.4 Å². The van der Waals surface area contributed by atoms with Crippen LogP contribution in [0.2, 0.25) is 0 Å². The van der Waals surface area contributed by atoms with Gasteiger partial charge in [-0.1, -0.05) is 18.2 Å². The van der Waals surface area contributed by atoms with Crippen LogP contribution in [0.25, 0.3) is 0 Å². The predicted octanol–water partition coefficient (Wildman–Crippen LogP) is 4.10. The second-order valence-corrected chi connectivity index (χ2v) is 8.48. The number of nitrogens with one attached hydrogen (secondary N) is 2. The molecule has 0 radical (unpaired) electrons. The maximum atomic E-state index is 12.8. The van der Waals surface area contributed by atoms with Crippen molar-refractivity contribution in [2.75, 3.05) is 17.1 Å². The van der Waals surface area contributed by atoms with Crippen molar-refractivity contribution in [2.24, 2.45) is 5.92 Å². The molecule has 28 heavy (non-hydrogen) atoms.